The number of hydrogen-bond acceptors (Lipinski definition) is 7. The SMILES string of the molecule is CC(=O)c1ccc(F)c([C@H]2C[C@H]2NC(=O)Nc2ccc(Br)cn2)c1OC(=O)c1ccc(N)nc1. The molecule has 0 bridgehead atoms. The van der Waals surface area contributed by atoms with E-state index in [0.717, 1.165) is 10.5 Å². The van der Waals surface area contributed by atoms with Crippen molar-refractivity contribution in [2.45, 2.75) is 25.3 Å². The van der Waals surface area contributed by atoms with Gasteiger partial charge in [0.25, 0.3) is 0 Å². The lowest BCUT2D eigenvalue weighted by atomic mass is 10.0. The van der Waals surface area contributed by atoms with E-state index in [1.165, 1.54) is 37.5 Å². The Kier molecular flexibility index (Phi) is 6.55. The molecule has 11 heteroatoms. The van der Waals surface area contributed by atoms with Gasteiger partial charge in [-0.1, -0.05) is 0 Å². The van der Waals surface area contributed by atoms with Crippen molar-refractivity contribution in [1.82, 2.24) is 15.3 Å². The Labute approximate surface area is 202 Å². The van der Waals surface area contributed by atoms with E-state index in [-0.39, 0.29) is 28.3 Å². The highest BCUT2D eigenvalue weighted by molar-refractivity contribution is 9.10. The Hall–Kier alpha value is -3.86. The lowest BCUT2D eigenvalue weighted by molar-refractivity contribution is 0.0730. The highest BCUT2D eigenvalue weighted by atomic mass is 79.9. The molecular formula is C23H19BrFN5O4. The van der Waals surface area contributed by atoms with E-state index in [0.29, 0.717) is 12.2 Å². The zero-order valence-corrected chi connectivity index (χ0v) is 19.4. The second-order valence-electron chi connectivity index (χ2n) is 7.66. The number of ketones is 1. The molecule has 2 amide bonds. The molecule has 2 aromatic heterocycles. The minimum Gasteiger partial charge on any atom is -0.422 e. The molecule has 2 atom stereocenters. The first-order valence-electron chi connectivity index (χ1n) is 10.2. The van der Waals surface area contributed by atoms with E-state index in [2.05, 4.69) is 36.5 Å². The average Bonchev–Trinajstić information content (AvgIpc) is 3.53. The molecule has 4 N–H and O–H groups in total. The third-order valence-electron chi connectivity index (χ3n) is 5.19. The Morgan fingerprint density at radius 3 is 2.56 bits per heavy atom. The third-order valence-corrected chi connectivity index (χ3v) is 5.65. The molecule has 1 fully saturated rings. The van der Waals surface area contributed by atoms with Crippen LogP contribution in [0.4, 0.5) is 20.8 Å². The smallest absolute Gasteiger partial charge is 0.345 e. The van der Waals surface area contributed by atoms with Crippen LogP contribution in [0.1, 0.15) is 45.5 Å². The van der Waals surface area contributed by atoms with Gasteiger partial charge in [0.15, 0.2) is 5.78 Å². The molecule has 0 radical (unpaired) electrons. The van der Waals surface area contributed by atoms with Crippen LogP contribution in [0.5, 0.6) is 5.75 Å². The summed E-state index contributed by atoms with van der Waals surface area (Å²) in [5.74, 6) is -1.96. The van der Waals surface area contributed by atoms with Gasteiger partial charge < -0.3 is 15.8 Å². The predicted molar refractivity (Wildman–Crippen MR) is 125 cm³/mol. The highest BCUT2D eigenvalue weighted by Crippen LogP contribution is 2.47. The number of aromatic nitrogens is 2. The van der Waals surface area contributed by atoms with Crippen molar-refractivity contribution in [3.05, 3.63) is 75.8 Å². The van der Waals surface area contributed by atoms with Gasteiger partial charge in [0.1, 0.15) is 23.2 Å². The second-order valence-corrected chi connectivity index (χ2v) is 8.58. The summed E-state index contributed by atoms with van der Waals surface area (Å²) in [5.41, 5.74) is 5.74. The number of nitrogen functional groups attached to an aromatic ring is 1. The number of nitrogens with zero attached hydrogens (tertiary/aromatic N) is 2. The van der Waals surface area contributed by atoms with E-state index < -0.39 is 35.6 Å². The number of nitrogens with two attached hydrogens (primary N) is 1. The molecule has 4 rings (SSSR count). The maximum atomic E-state index is 14.9. The number of ether oxygens (including phenoxy) is 1. The first-order chi connectivity index (χ1) is 16.2. The summed E-state index contributed by atoms with van der Waals surface area (Å²) in [6.45, 7) is 1.29. The van der Waals surface area contributed by atoms with E-state index in [1.54, 1.807) is 12.1 Å². The van der Waals surface area contributed by atoms with Crippen LogP contribution in [0.3, 0.4) is 0 Å². The van der Waals surface area contributed by atoms with Gasteiger partial charge in [0, 0.05) is 34.4 Å². The first-order valence-corrected chi connectivity index (χ1v) is 11.0. The molecule has 34 heavy (non-hydrogen) atoms. The molecule has 2 heterocycles. The first kappa shape index (κ1) is 23.3. The largest absolute Gasteiger partial charge is 0.422 e. The van der Waals surface area contributed by atoms with E-state index in [1.807, 2.05) is 0 Å². The summed E-state index contributed by atoms with van der Waals surface area (Å²) in [6, 6.07) is 7.65. The number of amides is 2. The van der Waals surface area contributed by atoms with Crippen molar-refractivity contribution in [3.8, 4) is 5.75 Å². The summed E-state index contributed by atoms with van der Waals surface area (Å²) in [6.07, 6.45) is 3.16. The summed E-state index contributed by atoms with van der Waals surface area (Å²) < 4.78 is 21.2. The third kappa shape index (κ3) is 5.20. The number of Topliss-reactive ketones (excluding diaryl/α,β-unsaturated/α-hetero) is 1. The summed E-state index contributed by atoms with van der Waals surface area (Å²) in [4.78, 5) is 45.1. The van der Waals surface area contributed by atoms with Gasteiger partial charge in [-0.3, -0.25) is 10.1 Å². The lowest BCUT2D eigenvalue weighted by Gasteiger charge is -2.15. The summed E-state index contributed by atoms with van der Waals surface area (Å²) >= 11 is 3.26. The number of hydrogen-bond donors (Lipinski definition) is 3. The van der Waals surface area contributed by atoms with Crippen molar-refractivity contribution >= 4 is 45.3 Å². The van der Waals surface area contributed by atoms with Gasteiger partial charge in [0.2, 0.25) is 0 Å². The van der Waals surface area contributed by atoms with Gasteiger partial charge in [-0.15, -0.1) is 0 Å². The van der Waals surface area contributed by atoms with Crippen LogP contribution in [0.2, 0.25) is 0 Å². The molecule has 0 aliphatic heterocycles. The zero-order valence-electron chi connectivity index (χ0n) is 17.8. The van der Waals surface area contributed by atoms with Crippen molar-refractivity contribution in [2.75, 3.05) is 11.1 Å². The molecule has 0 unspecified atom stereocenters. The van der Waals surface area contributed by atoms with Crippen molar-refractivity contribution < 1.29 is 23.5 Å². The van der Waals surface area contributed by atoms with Crippen LogP contribution in [-0.4, -0.2) is 33.8 Å². The lowest BCUT2D eigenvalue weighted by Crippen LogP contribution is -2.31. The van der Waals surface area contributed by atoms with Crippen LogP contribution >= 0.6 is 15.9 Å². The van der Waals surface area contributed by atoms with Crippen LogP contribution < -0.4 is 21.1 Å². The minimum absolute atomic E-state index is 0.0523. The zero-order chi connectivity index (χ0) is 24.4. The van der Waals surface area contributed by atoms with Crippen molar-refractivity contribution in [1.29, 1.82) is 0 Å². The van der Waals surface area contributed by atoms with Gasteiger partial charge >= 0.3 is 12.0 Å². The van der Waals surface area contributed by atoms with Crippen molar-refractivity contribution in [3.63, 3.8) is 0 Å². The number of anilines is 2. The van der Waals surface area contributed by atoms with Crippen LogP contribution in [-0.2, 0) is 0 Å². The molecular weight excluding hydrogens is 509 g/mol. The molecule has 1 aromatic carbocycles. The molecule has 174 valence electrons. The summed E-state index contributed by atoms with van der Waals surface area (Å²) in [5, 5.41) is 5.34. The Morgan fingerprint density at radius 2 is 1.91 bits per heavy atom. The number of nitrogens with one attached hydrogen (secondary N) is 2. The molecule has 3 aromatic rings. The summed E-state index contributed by atoms with van der Waals surface area (Å²) in [7, 11) is 0. The van der Waals surface area contributed by atoms with Gasteiger partial charge in [-0.2, -0.15) is 0 Å². The molecule has 9 nitrogen and oxygen atoms in total. The maximum Gasteiger partial charge on any atom is 0.345 e. The number of carbonyl (C=O) groups is 3. The predicted octanol–water partition coefficient (Wildman–Crippen LogP) is 4.06. The number of rotatable bonds is 6. The van der Waals surface area contributed by atoms with E-state index in [4.69, 9.17) is 10.5 Å². The average molecular weight is 528 g/mol. The Bertz CT molecular complexity index is 1270. The Balaban J connectivity index is 1.54. The maximum absolute atomic E-state index is 14.9. The fourth-order valence-electron chi connectivity index (χ4n) is 3.43. The fourth-order valence-corrected chi connectivity index (χ4v) is 3.66. The van der Waals surface area contributed by atoms with E-state index in [9.17, 15) is 18.8 Å². The standard InChI is InChI=1S/C23H19BrFN5O4/c1-11(31)14-4-5-16(25)20(21(14)34-22(32)12-2-6-18(26)27-9-12)15-8-17(15)29-23(33)30-19-7-3-13(24)10-28-19/h2-7,9-10,15,17H,8H2,1H3,(H2,26,27)(H2,28,29,30,33)/t15-,17+/m0/s1. The van der Waals surface area contributed by atoms with Crippen LogP contribution in [0.25, 0.3) is 0 Å². The normalized spacial score (nSPS) is 16.4. The molecule has 1 saturated carbocycles. The quantitative estimate of drug-likeness (QED) is 0.249. The molecule has 0 spiro atoms. The number of benzene rings is 1. The molecule has 1 aliphatic carbocycles. The Morgan fingerprint density at radius 1 is 1.12 bits per heavy atom. The van der Waals surface area contributed by atoms with Crippen molar-refractivity contribution in [2.24, 2.45) is 0 Å². The minimum atomic E-state index is -0.814. The number of halogens is 2. The number of pyridine rings is 2. The fraction of sp³-hybridized carbons (Fsp3) is 0.174. The van der Waals surface area contributed by atoms with Gasteiger partial charge in [0.05, 0.1) is 11.1 Å². The van der Waals surface area contributed by atoms with Crippen LogP contribution in [0.15, 0.2) is 53.3 Å². The van der Waals surface area contributed by atoms with Gasteiger partial charge in [-0.05, 0) is 65.7 Å². The molecule has 1 aliphatic rings. The number of urea groups is 1. The second kappa shape index (κ2) is 9.56. The topological polar surface area (TPSA) is 136 Å². The highest BCUT2D eigenvalue weighted by Gasteiger charge is 2.44. The monoisotopic (exact) mass is 527 g/mol. The van der Waals surface area contributed by atoms with E-state index >= 15 is 0 Å². The van der Waals surface area contributed by atoms with Crippen LogP contribution in [0, 0.1) is 5.82 Å². The number of carbonyl (C=O) groups excluding carboxylic acids is 3. The number of esters is 1. The molecule has 0 saturated heterocycles. The van der Waals surface area contributed by atoms with Gasteiger partial charge in [-0.25, -0.2) is 23.9 Å².